The molecule has 0 aromatic rings. The SMILES string of the molecule is CC(C)(C)OC(=O)N1CC2(F)C([C@H]1C(=O)N[C@H](C#N)C[C@@H]1CCNC1=O)C2(C)C. The van der Waals surface area contributed by atoms with Gasteiger partial charge in [0.1, 0.15) is 23.4 Å². The molecule has 0 spiro atoms. The van der Waals surface area contributed by atoms with Gasteiger partial charge >= 0.3 is 6.09 Å². The zero-order chi connectivity index (χ0) is 21.8. The lowest BCUT2D eigenvalue weighted by molar-refractivity contribution is -0.128. The van der Waals surface area contributed by atoms with Crippen molar-refractivity contribution in [2.75, 3.05) is 13.1 Å². The first kappa shape index (κ1) is 21.3. The van der Waals surface area contributed by atoms with Gasteiger partial charge in [0.15, 0.2) is 0 Å². The van der Waals surface area contributed by atoms with Crippen LogP contribution in [0.1, 0.15) is 47.5 Å². The van der Waals surface area contributed by atoms with E-state index >= 15 is 4.39 Å². The van der Waals surface area contributed by atoms with Crippen LogP contribution in [0.15, 0.2) is 0 Å². The summed E-state index contributed by atoms with van der Waals surface area (Å²) in [6, 6.07) is 0.0521. The van der Waals surface area contributed by atoms with Gasteiger partial charge in [0.25, 0.3) is 0 Å². The van der Waals surface area contributed by atoms with E-state index < -0.39 is 46.7 Å². The molecule has 3 amide bonds. The van der Waals surface area contributed by atoms with Crippen molar-refractivity contribution in [2.24, 2.45) is 17.3 Å². The standard InChI is InChI=1S/C20H29FN4O4/c1-18(2,3)29-17(28)25-10-20(21)14(19(20,4)5)13(25)16(27)24-12(9-22)8-11-6-7-23-15(11)26/h11-14H,6-8,10H2,1-5H3,(H,23,26)(H,24,27)/t11-,12-,13-,14?,20?/m0/s1. The highest BCUT2D eigenvalue weighted by atomic mass is 19.1. The number of alkyl halides is 1. The Morgan fingerprint density at radius 3 is 2.62 bits per heavy atom. The average molecular weight is 408 g/mol. The monoisotopic (exact) mass is 408 g/mol. The van der Waals surface area contributed by atoms with Crippen LogP contribution in [0, 0.1) is 28.6 Å². The molecule has 29 heavy (non-hydrogen) atoms. The fourth-order valence-corrected chi connectivity index (χ4v) is 4.66. The van der Waals surface area contributed by atoms with E-state index in [9.17, 15) is 19.6 Å². The number of nitrogens with zero attached hydrogens (tertiary/aromatic N) is 2. The van der Waals surface area contributed by atoms with Crippen LogP contribution in [-0.2, 0) is 14.3 Å². The van der Waals surface area contributed by atoms with Gasteiger partial charge in [0.2, 0.25) is 11.8 Å². The van der Waals surface area contributed by atoms with Crippen LogP contribution in [0.25, 0.3) is 0 Å². The molecule has 0 radical (unpaired) electrons. The van der Waals surface area contributed by atoms with Gasteiger partial charge in [-0.1, -0.05) is 13.8 Å². The summed E-state index contributed by atoms with van der Waals surface area (Å²) in [5, 5.41) is 14.8. The highest BCUT2D eigenvalue weighted by molar-refractivity contribution is 5.89. The Labute approximate surface area is 170 Å². The molecule has 2 heterocycles. The maximum atomic E-state index is 15.4. The Morgan fingerprint density at radius 1 is 1.45 bits per heavy atom. The highest BCUT2D eigenvalue weighted by Crippen LogP contribution is 2.70. The van der Waals surface area contributed by atoms with Crippen molar-refractivity contribution in [3.8, 4) is 6.07 Å². The van der Waals surface area contributed by atoms with Crippen LogP contribution in [0.3, 0.4) is 0 Å². The fourth-order valence-electron chi connectivity index (χ4n) is 4.66. The largest absolute Gasteiger partial charge is 0.444 e. The quantitative estimate of drug-likeness (QED) is 0.732. The van der Waals surface area contributed by atoms with Gasteiger partial charge in [0, 0.05) is 23.8 Å². The first-order valence-electron chi connectivity index (χ1n) is 9.98. The Balaban J connectivity index is 1.75. The summed E-state index contributed by atoms with van der Waals surface area (Å²) in [7, 11) is 0. The molecule has 2 N–H and O–H groups in total. The fraction of sp³-hybridized carbons (Fsp3) is 0.800. The second-order valence-corrected chi connectivity index (χ2v) is 9.82. The third-order valence-electron chi connectivity index (χ3n) is 6.36. The molecule has 0 aromatic heterocycles. The predicted octanol–water partition coefficient (Wildman–Crippen LogP) is 1.50. The molecule has 160 valence electrons. The van der Waals surface area contributed by atoms with E-state index in [4.69, 9.17) is 4.74 Å². The minimum absolute atomic E-state index is 0.137. The topological polar surface area (TPSA) is 112 Å². The van der Waals surface area contributed by atoms with E-state index in [2.05, 4.69) is 10.6 Å². The molecular formula is C20H29FN4O4. The second kappa shape index (κ2) is 6.85. The summed E-state index contributed by atoms with van der Waals surface area (Å²) in [4.78, 5) is 38.6. The lowest BCUT2D eigenvalue weighted by Crippen LogP contribution is -2.53. The summed E-state index contributed by atoms with van der Waals surface area (Å²) >= 11 is 0. The number of fused-ring (bicyclic) bond motifs is 1. The van der Waals surface area contributed by atoms with E-state index in [1.807, 2.05) is 6.07 Å². The summed E-state index contributed by atoms with van der Waals surface area (Å²) in [6.45, 7) is 8.88. The molecule has 5 atom stereocenters. The van der Waals surface area contributed by atoms with Crippen molar-refractivity contribution in [2.45, 2.75) is 70.8 Å². The van der Waals surface area contributed by atoms with E-state index in [0.717, 1.165) is 4.90 Å². The first-order chi connectivity index (χ1) is 13.3. The number of halogens is 1. The molecule has 9 heteroatoms. The third kappa shape index (κ3) is 3.65. The van der Waals surface area contributed by atoms with Gasteiger partial charge < -0.3 is 15.4 Å². The lowest BCUT2D eigenvalue weighted by atomic mass is 9.97. The molecule has 0 bridgehead atoms. The zero-order valence-corrected chi connectivity index (χ0v) is 17.5. The maximum Gasteiger partial charge on any atom is 0.411 e. The van der Waals surface area contributed by atoms with Crippen molar-refractivity contribution < 1.29 is 23.5 Å². The number of hydrogen-bond acceptors (Lipinski definition) is 5. The van der Waals surface area contributed by atoms with Gasteiger partial charge in [0.05, 0.1) is 12.6 Å². The zero-order valence-electron chi connectivity index (χ0n) is 17.5. The van der Waals surface area contributed by atoms with Gasteiger partial charge in [-0.3, -0.25) is 14.5 Å². The Hall–Kier alpha value is -2.37. The number of ether oxygens (including phenoxy) is 1. The first-order valence-corrected chi connectivity index (χ1v) is 9.98. The van der Waals surface area contributed by atoms with Crippen LogP contribution in [-0.4, -0.2) is 59.3 Å². The average Bonchev–Trinajstić information content (AvgIpc) is 2.95. The van der Waals surface area contributed by atoms with Gasteiger partial charge in [-0.25, -0.2) is 9.18 Å². The normalized spacial score (nSPS) is 33.3. The predicted molar refractivity (Wildman–Crippen MR) is 101 cm³/mol. The Kier molecular flexibility index (Phi) is 5.04. The molecular weight excluding hydrogens is 379 g/mol. The molecule has 3 aliphatic rings. The smallest absolute Gasteiger partial charge is 0.411 e. The number of likely N-dealkylation sites (tertiary alicyclic amines) is 1. The van der Waals surface area contributed by atoms with Crippen LogP contribution in [0.2, 0.25) is 0 Å². The van der Waals surface area contributed by atoms with E-state index in [1.165, 1.54) is 0 Å². The number of nitrogens with one attached hydrogen (secondary N) is 2. The number of hydrogen-bond donors (Lipinski definition) is 2. The van der Waals surface area contributed by atoms with Crippen molar-refractivity contribution in [1.29, 1.82) is 5.26 Å². The Morgan fingerprint density at radius 2 is 2.10 bits per heavy atom. The Bertz CT molecular complexity index is 771. The molecule has 8 nitrogen and oxygen atoms in total. The van der Waals surface area contributed by atoms with Crippen LogP contribution >= 0.6 is 0 Å². The summed E-state index contributed by atoms with van der Waals surface area (Å²) in [5.41, 5.74) is -3.20. The molecule has 1 aliphatic carbocycles. The van der Waals surface area contributed by atoms with Gasteiger partial charge in [-0.2, -0.15) is 5.26 Å². The summed E-state index contributed by atoms with van der Waals surface area (Å²) in [6.07, 6.45) is 0.0346. The number of nitriles is 1. The summed E-state index contributed by atoms with van der Waals surface area (Å²) < 4.78 is 20.7. The van der Waals surface area contributed by atoms with Crippen molar-refractivity contribution in [3.63, 3.8) is 0 Å². The highest BCUT2D eigenvalue weighted by Gasteiger charge is 2.82. The van der Waals surface area contributed by atoms with E-state index in [1.54, 1.807) is 34.6 Å². The number of piperidine rings is 1. The minimum Gasteiger partial charge on any atom is -0.444 e. The molecule has 2 aliphatic heterocycles. The number of amides is 3. The lowest BCUT2D eigenvalue weighted by Gasteiger charge is -2.32. The minimum atomic E-state index is -1.67. The third-order valence-corrected chi connectivity index (χ3v) is 6.36. The molecule has 0 aromatic carbocycles. The molecule has 2 saturated heterocycles. The van der Waals surface area contributed by atoms with Crippen molar-refractivity contribution in [1.82, 2.24) is 15.5 Å². The van der Waals surface area contributed by atoms with Crippen LogP contribution < -0.4 is 10.6 Å². The van der Waals surface area contributed by atoms with Gasteiger partial charge in [-0.05, 0) is 33.6 Å². The molecule has 2 unspecified atom stereocenters. The number of carbonyl (C=O) groups excluding carboxylic acids is 3. The maximum absolute atomic E-state index is 15.4. The van der Waals surface area contributed by atoms with Crippen LogP contribution in [0.4, 0.5) is 9.18 Å². The van der Waals surface area contributed by atoms with E-state index in [-0.39, 0.29) is 24.8 Å². The number of rotatable bonds is 4. The second-order valence-electron chi connectivity index (χ2n) is 9.82. The molecule has 1 saturated carbocycles. The van der Waals surface area contributed by atoms with Crippen molar-refractivity contribution in [3.05, 3.63) is 0 Å². The van der Waals surface area contributed by atoms with E-state index in [0.29, 0.717) is 13.0 Å². The molecule has 3 fully saturated rings. The summed E-state index contributed by atoms with van der Waals surface area (Å²) in [5.74, 6) is -1.74. The number of carbonyl (C=O) groups is 3. The molecule has 3 rings (SSSR count). The van der Waals surface area contributed by atoms with Crippen LogP contribution in [0.5, 0.6) is 0 Å². The van der Waals surface area contributed by atoms with Gasteiger partial charge in [-0.15, -0.1) is 0 Å². The van der Waals surface area contributed by atoms with Crippen molar-refractivity contribution >= 4 is 17.9 Å².